The number of benzene rings is 1. The Kier molecular flexibility index (Phi) is 4.43. The minimum atomic E-state index is -3.16. The topological polar surface area (TPSA) is 63.2 Å². The highest BCUT2D eigenvalue weighted by molar-refractivity contribution is 7.90. The van der Waals surface area contributed by atoms with Gasteiger partial charge in [0.05, 0.1) is 4.90 Å². The van der Waals surface area contributed by atoms with Crippen LogP contribution in [0.2, 0.25) is 0 Å². The van der Waals surface area contributed by atoms with Gasteiger partial charge in [0.25, 0.3) is 0 Å². The molecule has 0 bridgehead atoms. The lowest BCUT2D eigenvalue weighted by Gasteiger charge is -2.30. The lowest BCUT2D eigenvalue weighted by atomic mass is 10.1. The van der Waals surface area contributed by atoms with Crippen molar-refractivity contribution >= 4 is 20.6 Å². The molecular formula is C13H19NO3S2. The molecule has 0 amide bonds. The molecule has 0 aromatic heterocycles. The van der Waals surface area contributed by atoms with Crippen LogP contribution in [0.4, 0.5) is 0 Å². The number of sulfone groups is 1. The predicted molar refractivity (Wildman–Crippen MR) is 77.4 cm³/mol. The molecule has 6 heteroatoms. The molecule has 106 valence electrons. The van der Waals surface area contributed by atoms with Gasteiger partial charge in [-0.05, 0) is 24.1 Å². The van der Waals surface area contributed by atoms with E-state index in [1.807, 2.05) is 12.1 Å². The normalized spacial score (nSPS) is 28.2. The van der Waals surface area contributed by atoms with E-state index in [0.29, 0.717) is 16.4 Å². The van der Waals surface area contributed by atoms with Crippen LogP contribution in [0.15, 0.2) is 29.2 Å². The maximum absolute atomic E-state index is 11.8. The van der Waals surface area contributed by atoms with Crippen LogP contribution in [0.5, 0.6) is 0 Å². The summed E-state index contributed by atoms with van der Waals surface area (Å²) in [5.74, 6) is 1.29. The molecule has 4 nitrogen and oxygen atoms in total. The van der Waals surface area contributed by atoms with Gasteiger partial charge in [0.15, 0.2) is 9.84 Å². The van der Waals surface area contributed by atoms with Crippen molar-refractivity contribution in [3.8, 4) is 0 Å². The van der Waals surface area contributed by atoms with Crippen LogP contribution in [0.25, 0.3) is 0 Å². The summed E-state index contributed by atoms with van der Waals surface area (Å²) in [5.41, 5.74) is 0.999. The minimum absolute atomic E-state index is 0.0492. The molecule has 0 saturated carbocycles. The first kappa shape index (κ1) is 14.7. The van der Waals surface area contributed by atoms with Gasteiger partial charge in [-0.25, -0.2) is 8.42 Å². The Morgan fingerprint density at radius 2 is 1.89 bits per heavy atom. The average Bonchev–Trinajstić information content (AvgIpc) is 2.37. The Balaban J connectivity index is 2.20. The third-order valence-electron chi connectivity index (χ3n) is 3.38. The fraction of sp³-hybridized carbons (Fsp3) is 0.538. The maximum atomic E-state index is 11.8. The molecule has 1 saturated heterocycles. The Hall–Kier alpha value is -0.720. The summed E-state index contributed by atoms with van der Waals surface area (Å²) in [5, 5.41) is 3.47. The Bertz CT molecular complexity index is 566. The summed E-state index contributed by atoms with van der Waals surface area (Å²) in [6.07, 6.45) is 2.15. The van der Waals surface area contributed by atoms with Crippen molar-refractivity contribution in [1.82, 2.24) is 5.32 Å². The quantitative estimate of drug-likeness (QED) is 0.913. The molecule has 0 radical (unpaired) electrons. The van der Waals surface area contributed by atoms with Crippen LogP contribution in [0, 0.1) is 0 Å². The van der Waals surface area contributed by atoms with Crippen LogP contribution >= 0.6 is 0 Å². The van der Waals surface area contributed by atoms with Gasteiger partial charge in [-0.3, -0.25) is 4.21 Å². The molecule has 1 aliphatic heterocycles. The predicted octanol–water partition coefficient (Wildman–Crippen LogP) is 1.26. The van der Waals surface area contributed by atoms with Gasteiger partial charge in [0.1, 0.15) is 0 Å². The van der Waals surface area contributed by atoms with Gasteiger partial charge in [-0.2, -0.15) is 0 Å². The highest BCUT2D eigenvalue weighted by atomic mass is 32.2. The number of hydrogen-bond donors (Lipinski definition) is 1. The smallest absolute Gasteiger partial charge is 0.175 e. The van der Waals surface area contributed by atoms with Crippen molar-refractivity contribution < 1.29 is 12.6 Å². The molecule has 1 aromatic rings. The van der Waals surface area contributed by atoms with Crippen LogP contribution in [0.1, 0.15) is 24.9 Å². The Labute approximate surface area is 117 Å². The Morgan fingerprint density at radius 1 is 1.26 bits per heavy atom. The van der Waals surface area contributed by atoms with Gasteiger partial charge < -0.3 is 5.32 Å². The molecule has 1 N–H and O–H groups in total. The first-order valence-corrected chi connectivity index (χ1v) is 9.69. The van der Waals surface area contributed by atoms with Crippen LogP contribution in [0.3, 0.4) is 0 Å². The molecule has 0 spiro atoms. The third-order valence-corrected chi connectivity index (χ3v) is 5.99. The molecule has 0 aliphatic carbocycles. The summed E-state index contributed by atoms with van der Waals surface area (Å²) in [6, 6.07) is 7.17. The monoisotopic (exact) mass is 301 g/mol. The van der Waals surface area contributed by atoms with E-state index >= 15 is 0 Å². The maximum Gasteiger partial charge on any atom is 0.175 e. The second-order valence-electron chi connectivity index (χ2n) is 4.94. The highest BCUT2D eigenvalue weighted by Crippen LogP contribution is 2.21. The molecule has 3 unspecified atom stereocenters. The van der Waals surface area contributed by atoms with Crippen molar-refractivity contribution in [3.05, 3.63) is 29.8 Å². The summed E-state index contributed by atoms with van der Waals surface area (Å²) >= 11 is 0. The summed E-state index contributed by atoms with van der Waals surface area (Å²) in [6.45, 7) is 2.07. The van der Waals surface area contributed by atoms with E-state index < -0.39 is 20.6 Å². The van der Waals surface area contributed by atoms with E-state index in [2.05, 4.69) is 12.2 Å². The van der Waals surface area contributed by atoms with Crippen molar-refractivity contribution in [3.63, 3.8) is 0 Å². The third kappa shape index (κ3) is 3.64. The van der Waals surface area contributed by atoms with Gasteiger partial charge in [0, 0.05) is 40.6 Å². The fourth-order valence-corrected chi connectivity index (χ4v) is 4.44. The lowest BCUT2D eigenvalue weighted by molar-refractivity contribution is 0.456. The van der Waals surface area contributed by atoms with E-state index in [0.717, 1.165) is 12.0 Å². The largest absolute Gasteiger partial charge is 0.305 e. The van der Waals surface area contributed by atoms with Gasteiger partial charge in [-0.15, -0.1) is 0 Å². The number of rotatable bonds is 3. The van der Waals surface area contributed by atoms with Gasteiger partial charge in [-0.1, -0.05) is 19.1 Å². The number of nitrogens with one attached hydrogen (secondary N) is 1. The van der Waals surface area contributed by atoms with E-state index in [-0.39, 0.29) is 12.1 Å². The lowest BCUT2D eigenvalue weighted by Crippen LogP contribution is -2.44. The molecule has 1 heterocycles. The Morgan fingerprint density at radius 3 is 2.42 bits per heavy atom. The molecule has 2 rings (SSSR count). The second-order valence-corrected chi connectivity index (χ2v) is 8.50. The first-order chi connectivity index (χ1) is 8.90. The zero-order valence-electron chi connectivity index (χ0n) is 11.1. The van der Waals surface area contributed by atoms with Crippen molar-refractivity contribution in [2.45, 2.75) is 30.3 Å². The zero-order chi connectivity index (χ0) is 14.0. The van der Waals surface area contributed by atoms with Crippen LogP contribution < -0.4 is 5.32 Å². The van der Waals surface area contributed by atoms with E-state index in [4.69, 9.17) is 0 Å². The number of hydrogen-bond acceptors (Lipinski definition) is 4. The van der Waals surface area contributed by atoms with E-state index in [9.17, 15) is 12.6 Å². The first-order valence-electron chi connectivity index (χ1n) is 6.31. The van der Waals surface area contributed by atoms with Gasteiger partial charge >= 0.3 is 0 Å². The molecule has 1 aliphatic rings. The van der Waals surface area contributed by atoms with Crippen LogP contribution in [-0.2, 0) is 20.6 Å². The molecule has 3 atom stereocenters. The zero-order valence-corrected chi connectivity index (χ0v) is 12.8. The fourth-order valence-electron chi connectivity index (χ4n) is 2.23. The summed E-state index contributed by atoms with van der Waals surface area (Å²) in [7, 11) is -3.96. The van der Waals surface area contributed by atoms with Crippen LogP contribution in [-0.4, -0.2) is 36.4 Å². The molecule has 19 heavy (non-hydrogen) atoms. The van der Waals surface area contributed by atoms with E-state index in [1.165, 1.54) is 6.26 Å². The molecule has 1 aromatic carbocycles. The average molecular weight is 301 g/mol. The molecular weight excluding hydrogens is 282 g/mol. The van der Waals surface area contributed by atoms with Crippen molar-refractivity contribution in [2.75, 3.05) is 17.8 Å². The highest BCUT2D eigenvalue weighted by Gasteiger charge is 2.25. The van der Waals surface area contributed by atoms with Gasteiger partial charge in [0.2, 0.25) is 0 Å². The second kappa shape index (κ2) is 5.73. The minimum Gasteiger partial charge on any atom is -0.305 e. The standard InChI is InChI=1S/C13H19NO3S2/c1-3-11-8-18(15)9-13(14-11)10-4-6-12(7-5-10)19(2,16)17/h4-7,11,13-14H,3,8-9H2,1-2H3. The van der Waals surface area contributed by atoms with Crippen molar-refractivity contribution in [2.24, 2.45) is 0 Å². The molecule has 1 fully saturated rings. The summed E-state index contributed by atoms with van der Waals surface area (Å²) < 4.78 is 34.6. The van der Waals surface area contributed by atoms with E-state index in [1.54, 1.807) is 12.1 Å². The van der Waals surface area contributed by atoms with Crippen molar-refractivity contribution in [1.29, 1.82) is 0 Å². The SMILES string of the molecule is CCC1CS(=O)CC(c2ccc(S(C)(=O)=O)cc2)N1. The summed E-state index contributed by atoms with van der Waals surface area (Å²) in [4.78, 5) is 0.320.